The third-order valence-electron chi connectivity index (χ3n) is 2.12. The molecule has 1 unspecified atom stereocenters. The molecule has 2 rings (SSSR count). The molecule has 0 spiro atoms. The van der Waals surface area contributed by atoms with Gasteiger partial charge in [0.15, 0.2) is 0 Å². The van der Waals surface area contributed by atoms with Crippen LogP contribution in [0.2, 0.25) is 0 Å². The Balaban J connectivity index is 2.55. The number of aliphatic carboxylic acids is 1. The fourth-order valence-corrected chi connectivity index (χ4v) is 1.54. The van der Waals surface area contributed by atoms with Crippen molar-refractivity contribution in [3.05, 3.63) is 35.9 Å². The van der Waals surface area contributed by atoms with Crippen LogP contribution in [0.4, 0.5) is 0 Å². The van der Waals surface area contributed by atoms with Gasteiger partial charge in [0, 0.05) is 5.56 Å². The number of ether oxygens (including phenoxy) is 1. The fraction of sp³-hybridized carbons (Fsp3) is 0.182. The summed E-state index contributed by atoms with van der Waals surface area (Å²) in [6.07, 6.45) is 1.43. The molecule has 1 aliphatic rings. The Bertz CT molecular complexity index is 407. The number of fused-ring (bicyclic) bond motifs is 1. The standard InChI is InChI=1S/C11H10O3/c1-7-6-9(11(12)13)8-4-2-3-5-10(8)14-7/h2-7H,1H3,(H,12,13). The van der Waals surface area contributed by atoms with E-state index in [-0.39, 0.29) is 6.10 Å². The highest BCUT2D eigenvalue weighted by molar-refractivity contribution is 6.16. The fourth-order valence-electron chi connectivity index (χ4n) is 1.54. The molecule has 0 fully saturated rings. The number of rotatable bonds is 1. The summed E-state index contributed by atoms with van der Waals surface area (Å²) in [5, 5.41) is 8.98. The summed E-state index contributed by atoms with van der Waals surface area (Å²) in [5.74, 6) is -0.271. The molecule has 0 aliphatic carbocycles. The van der Waals surface area contributed by atoms with Crippen molar-refractivity contribution in [3.63, 3.8) is 0 Å². The van der Waals surface area contributed by atoms with E-state index in [0.717, 1.165) is 0 Å². The van der Waals surface area contributed by atoms with E-state index in [1.165, 1.54) is 0 Å². The van der Waals surface area contributed by atoms with Crippen molar-refractivity contribution in [2.45, 2.75) is 13.0 Å². The van der Waals surface area contributed by atoms with Gasteiger partial charge in [0.25, 0.3) is 0 Å². The van der Waals surface area contributed by atoms with Crippen molar-refractivity contribution in [2.75, 3.05) is 0 Å². The number of carbonyl (C=O) groups is 1. The monoisotopic (exact) mass is 190 g/mol. The Labute approximate surface area is 81.6 Å². The van der Waals surface area contributed by atoms with Gasteiger partial charge in [-0.2, -0.15) is 0 Å². The Morgan fingerprint density at radius 3 is 2.86 bits per heavy atom. The van der Waals surface area contributed by atoms with E-state index in [1.54, 1.807) is 24.3 Å². The maximum absolute atomic E-state index is 10.9. The van der Waals surface area contributed by atoms with Gasteiger partial charge in [-0.1, -0.05) is 18.2 Å². The zero-order chi connectivity index (χ0) is 10.1. The van der Waals surface area contributed by atoms with Gasteiger partial charge in [0.2, 0.25) is 0 Å². The summed E-state index contributed by atoms with van der Waals surface area (Å²) in [7, 11) is 0. The quantitative estimate of drug-likeness (QED) is 0.736. The molecule has 14 heavy (non-hydrogen) atoms. The van der Waals surface area contributed by atoms with Crippen molar-refractivity contribution >= 4 is 11.5 Å². The first-order valence-corrected chi connectivity index (χ1v) is 4.39. The molecule has 0 saturated heterocycles. The number of hydrogen-bond acceptors (Lipinski definition) is 2. The molecule has 0 amide bonds. The highest BCUT2D eigenvalue weighted by atomic mass is 16.5. The lowest BCUT2D eigenvalue weighted by Gasteiger charge is -2.20. The van der Waals surface area contributed by atoms with Crippen LogP contribution in [0, 0.1) is 0 Å². The molecule has 3 nitrogen and oxygen atoms in total. The molecule has 0 radical (unpaired) electrons. The topological polar surface area (TPSA) is 46.5 Å². The van der Waals surface area contributed by atoms with Gasteiger partial charge in [0.1, 0.15) is 11.9 Å². The van der Waals surface area contributed by atoms with Gasteiger partial charge >= 0.3 is 5.97 Å². The average molecular weight is 190 g/mol. The zero-order valence-corrected chi connectivity index (χ0v) is 7.73. The van der Waals surface area contributed by atoms with Gasteiger partial charge in [-0.05, 0) is 19.1 Å². The summed E-state index contributed by atoms with van der Waals surface area (Å²) in [6.45, 7) is 1.82. The molecular formula is C11H10O3. The van der Waals surface area contributed by atoms with Gasteiger partial charge < -0.3 is 9.84 Å². The highest BCUT2D eigenvalue weighted by Crippen LogP contribution is 2.31. The lowest BCUT2D eigenvalue weighted by molar-refractivity contribution is -0.130. The Hall–Kier alpha value is -1.77. The van der Waals surface area contributed by atoms with Crippen molar-refractivity contribution in [2.24, 2.45) is 0 Å². The molecular weight excluding hydrogens is 180 g/mol. The second kappa shape index (κ2) is 3.18. The van der Waals surface area contributed by atoms with E-state index in [1.807, 2.05) is 13.0 Å². The Morgan fingerprint density at radius 2 is 2.14 bits per heavy atom. The number of para-hydroxylation sites is 1. The van der Waals surface area contributed by atoms with Crippen molar-refractivity contribution in [1.29, 1.82) is 0 Å². The van der Waals surface area contributed by atoms with Crippen LogP contribution >= 0.6 is 0 Å². The highest BCUT2D eigenvalue weighted by Gasteiger charge is 2.21. The van der Waals surface area contributed by atoms with E-state index in [2.05, 4.69) is 0 Å². The van der Waals surface area contributed by atoms with E-state index in [9.17, 15) is 4.79 Å². The lowest BCUT2D eigenvalue weighted by atomic mass is 10.0. The minimum Gasteiger partial charge on any atom is -0.486 e. The largest absolute Gasteiger partial charge is 0.486 e. The first-order valence-electron chi connectivity index (χ1n) is 4.39. The van der Waals surface area contributed by atoms with Crippen LogP contribution in [-0.4, -0.2) is 17.2 Å². The Morgan fingerprint density at radius 1 is 1.43 bits per heavy atom. The summed E-state index contributed by atoms with van der Waals surface area (Å²) >= 11 is 0. The minimum atomic E-state index is -0.910. The third-order valence-corrected chi connectivity index (χ3v) is 2.12. The van der Waals surface area contributed by atoms with Crippen LogP contribution in [0.1, 0.15) is 12.5 Å². The summed E-state index contributed by atoms with van der Waals surface area (Å²) in [5.41, 5.74) is 0.970. The van der Waals surface area contributed by atoms with Crippen molar-refractivity contribution < 1.29 is 14.6 Å². The molecule has 0 saturated carbocycles. The molecule has 0 aromatic heterocycles. The molecule has 1 atom stereocenters. The third kappa shape index (κ3) is 1.37. The molecule has 1 aliphatic heterocycles. The summed E-state index contributed by atoms with van der Waals surface area (Å²) < 4.78 is 5.47. The van der Waals surface area contributed by atoms with Gasteiger partial charge in [-0.3, -0.25) is 0 Å². The van der Waals surface area contributed by atoms with Gasteiger partial charge in [0.05, 0.1) is 5.57 Å². The predicted molar refractivity (Wildman–Crippen MR) is 52.1 cm³/mol. The smallest absolute Gasteiger partial charge is 0.336 e. The normalized spacial score (nSPS) is 19.2. The van der Waals surface area contributed by atoms with E-state index >= 15 is 0 Å². The van der Waals surface area contributed by atoms with Crippen LogP contribution in [0.15, 0.2) is 30.3 Å². The number of carboxylic acids is 1. The van der Waals surface area contributed by atoms with Crippen molar-refractivity contribution in [3.8, 4) is 5.75 Å². The number of benzene rings is 1. The zero-order valence-electron chi connectivity index (χ0n) is 7.73. The molecule has 1 aromatic carbocycles. The first-order chi connectivity index (χ1) is 6.68. The molecule has 1 aromatic rings. The first kappa shape index (κ1) is 8.81. The maximum atomic E-state index is 10.9. The number of carboxylic acid groups (broad SMARTS) is 1. The predicted octanol–water partition coefficient (Wildman–Crippen LogP) is 1.94. The molecule has 3 heteroatoms. The number of hydrogen-bond donors (Lipinski definition) is 1. The molecule has 0 bridgehead atoms. The molecule has 1 heterocycles. The van der Waals surface area contributed by atoms with Gasteiger partial charge in [-0.25, -0.2) is 4.79 Å². The average Bonchev–Trinajstić information content (AvgIpc) is 2.16. The Kier molecular flexibility index (Phi) is 2.00. The second-order valence-corrected chi connectivity index (χ2v) is 3.20. The molecule has 72 valence electrons. The summed E-state index contributed by atoms with van der Waals surface area (Å²) in [4.78, 5) is 10.9. The molecule has 1 N–H and O–H groups in total. The summed E-state index contributed by atoms with van der Waals surface area (Å²) in [6, 6.07) is 7.16. The minimum absolute atomic E-state index is 0.184. The van der Waals surface area contributed by atoms with Crippen LogP contribution in [0.5, 0.6) is 5.75 Å². The van der Waals surface area contributed by atoms with Crippen molar-refractivity contribution in [1.82, 2.24) is 0 Å². The van der Waals surface area contributed by atoms with Crippen LogP contribution in [-0.2, 0) is 4.79 Å². The van der Waals surface area contributed by atoms with E-state index in [0.29, 0.717) is 16.9 Å². The SMILES string of the molecule is CC1C=C(C(=O)O)c2ccccc2O1. The van der Waals surface area contributed by atoms with Crippen LogP contribution in [0.3, 0.4) is 0 Å². The van der Waals surface area contributed by atoms with Crippen LogP contribution < -0.4 is 4.74 Å². The van der Waals surface area contributed by atoms with E-state index in [4.69, 9.17) is 9.84 Å². The second-order valence-electron chi connectivity index (χ2n) is 3.20. The van der Waals surface area contributed by atoms with Crippen LogP contribution in [0.25, 0.3) is 5.57 Å². The maximum Gasteiger partial charge on any atom is 0.336 e. The lowest BCUT2D eigenvalue weighted by Crippen LogP contribution is -2.17. The van der Waals surface area contributed by atoms with Gasteiger partial charge in [-0.15, -0.1) is 0 Å². The van der Waals surface area contributed by atoms with E-state index < -0.39 is 5.97 Å².